The SMILES string of the molecule is CCCNC(=O)C(C)N(Cc1ccccc1F)C(=O)CN(c1ccc(F)cc1)S(=O)(=O)c1ccc(OC)c(OC)c1. The molecule has 41 heavy (non-hydrogen) atoms. The minimum atomic E-state index is -4.44. The number of nitrogens with zero attached hydrogens (tertiary/aromatic N) is 2. The van der Waals surface area contributed by atoms with Crippen LogP contribution in [0.4, 0.5) is 14.5 Å². The monoisotopic (exact) mass is 589 g/mol. The molecule has 0 heterocycles. The van der Waals surface area contributed by atoms with Crippen LogP contribution in [-0.4, -0.2) is 58.5 Å². The molecule has 0 aromatic heterocycles. The van der Waals surface area contributed by atoms with Crippen molar-refractivity contribution in [2.24, 2.45) is 0 Å². The van der Waals surface area contributed by atoms with E-state index >= 15 is 0 Å². The Kier molecular flexibility index (Phi) is 10.6. The lowest BCUT2D eigenvalue weighted by Gasteiger charge is -2.32. The molecule has 0 saturated heterocycles. The molecule has 0 saturated carbocycles. The predicted molar refractivity (Wildman–Crippen MR) is 150 cm³/mol. The fourth-order valence-corrected chi connectivity index (χ4v) is 5.46. The minimum Gasteiger partial charge on any atom is -0.493 e. The van der Waals surface area contributed by atoms with Gasteiger partial charge < -0.3 is 19.7 Å². The molecule has 0 radical (unpaired) electrons. The number of nitrogens with one attached hydrogen (secondary N) is 1. The maximum Gasteiger partial charge on any atom is 0.264 e. The van der Waals surface area contributed by atoms with Crippen LogP contribution in [0, 0.1) is 11.6 Å². The number of ether oxygens (including phenoxy) is 2. The third-order valence-corrected chi connectivity index (χ3v) is 8.12. The van der Waals surface area contributed by atoms with E-state index in [1.807, 2.05) is 6.92 Å². The number of methoxy groups -OCH3 is 2. The second-order valence-electron chi connectivity index (χ2n) is 9.08. The van der Waals surface area contributed by atoms with Crippen molar-refractivity contribution in [2.45, 2.75) is 37.8 Å². The predicted octanol–water partition coefficient (Wildman–Crippen LogP) is 4.12. The van der Waals surface area contributed by atoms with Gasteiger partial charge in [0.25, 0.3) is 10.0 Å². The molecular formula is C29H33F2N3O6S. The summed E-state index contributed by atoms with van der Waals surface area (Å²) >= 11 is 0. The molecule has 0 aliphatic carbocycles. The first kappa shape index (κ1) is 31.3. The van der Waals surface area contributed by atoms with Crippen LogP contribution < -0.4 is 19.1 Å². The van der Waals surface area contributed by atoms with Gasteiger partial charge in [-0.1, -0.05) is 25.1 Å². The van der Waals surface area contributed by atoms with Crippen molar-refractivity contribution in [3.05, 3.63) is 83.9 Å². The van der Waals surface area contributed by atoms with Crippen LogP contribution in [0.2, 0.25) is 0 Å². The number of carbonyl (C=O) groups excluding carboxylic acids is 2. The molecule has 2 amide bonds. The Labute approximate surface area is 238 Å². The van der Waals surface area contributed by atoms with Crippen molar-refractivity contribution >= 4 is 27.5 Å². The summed E-state index contributed by atoms with van der Waals surface area (Å²) in [5.41, 5.74) is 0.149. The average Bonchev–Trinajstić information content (AvgIpc) is 2.97. The van der Waals surface area contributed by atoms with Gasteiger partial charge in [0, 0.05) is 24.7 Å². The third kappa shape index (κ3) is 7.51. The van der Waals surface area contributed by atoms with E-state index in [0.717, 1.165) is 21.3 Å². The van der Waals surface area contributed by atoms with Gasteiger partial charge in [0.05, 0.1) is 24.8 Å². The average molecular weight is 590 g/mol. The molecule has 0 spiro atoms. The highest BCUT2D eigenvalue weighted by molar-refractivity contribution is 7.92. The van der Waals surface area contributed by atoms with E-state index in [9.17, 15) is 26.8 Å². The summed E-state index contributed by atoms with van der Waals surface area (Å²) in [7, 11) is -1.69. The molecule has 1 atom stereocenters. The Morgan fingerprint density at radius 2 is 1.61 bits per heavy atom. The lowest BCUT2D eigenvalue weighted by molar-refractivity contribution is -0.139. The summed E-state index contributed by atoms with van der Waals surface area (Å²) in [6, 6.07) is 13.2. The summed E-state index contributed by atoms with van der Waals surface area (Å²) in [5.74, 6) is -2.01. The summed E-state index contributed by atoms with van der Waals surface area (Å²) in [6.07, 6.45) is 0.654. The van der Waals surface area contributed by atoms with E-state index < -0.39 is 46.1 Å². The van der Waals surface area contributed by atoms with Crippen molar-refractivity contribution in [3.63, 3.8) is 0 Å². The Morgan fingerprint density at radius 3 is 2.22 bits per heavy atom. The number of rotatable bonds is 13. The van der Waals surface area contributed by atoms with Crippen LogP contribution in [-0.2, 0) is 26.2 Å². The molecule has 0 aliphatic rings. The fourth-order valence-electron chi connectivity index (χ4n) is 4.03. The second-order valence-corrected chi connectivity index (χ2v) is 10.9. The number of hydrogen-bond acceptors (Lipinski definition) is 6. The van der Waals surface area contributed by atoms with Gasteiger partial charge >= 0.3 is 0 Å². The van der Waals surface area contributed by atoms with Crippen molar-refractivity contribution in [1.82, 2.24) is 10.2 Å². The van der Waals surface area contributed by atoms with Crippen LogP contribution in [0.5, 0.6) is 11.5 Å². The normalized spacial score (nSPS) is 11.9. The lowest BCUT2D eigenvalue weighted by atomic mass is 10.1. The van der Waals surface area contributed by atoms with E-state index in [1.54, 1.807) is 6.07 Å². The Balaban J connectivity index is 2.07. The third-order valence-electron chi connectivity index (χ3n) is 6.35. The molecule has 1 unspecified atom stereocenters. The number of carbonyl (C=O) groups is 2. The zero-order valence-electron chi connectivity index (χ0n) is 23.3. The number of anilines is 1. The number of halogens is 2. The van der Waals surface area contributed by atoms with Crippen LogP contribution in [0.25, 0.3) is 0 Å². The van der Waals surface area contributed by atoms with Gasteiger partial charge in [-0.15, -0.1) is 0 Å². The molecule has 1 N–H and O–H groups in total. The van der Waals surface area contributed by atoms with E-state index in [-0.39, 0.29) is 28.4 Å². The highest BCUT2D eigenvalue weighted by Crippen LogP contribution is 2.32. The van der Waals surface area contributed by atoms with E-state index in [1.165, 1.54) is 69.7 Å². The summed E-state index contributed by atoms with van der Waals surface area (Å²) in [6.45, 7) is 2.66. The van der Waals surface area contributed by atoms with Crippen LogP contribution in [0.3, 0.4) is 0 Å². The lowest BCUT2D eigenvalue weighted by Crippen LogP contribution is -2.51. The van der Waals surface area contributed by atoms with Gasteiger partial charge in [-0.05, 0) is 55.8 Å². The molecule has 0 bridgehead atoms. The summed E-state index contributed by atoms with van der Waals surface area (Å²) in [4.78, 5) is 27.6. The molecule has 12 heteroatoms. The molecule has 3 aromatic carbocycles. The first-order chi connectivity index (χ1) is 19.5. The zero-order chi connectivity index (χ0) is 30.2. The van der Waals surface area contributed by atoms with E-state index in [2.05, 4.69) is 5.32 Å². The van der Waals surface area contributed by atoms with Gasteiger partial charge in [0.1, 0.15) is 24.2 Å². The molecule has 9 nitrogen and oxygen atoms in total. The minimum absolute atomic E-state index is 0.00321. The van der Waals surface area contributed by atoms with Crippen LogP contribution in [0.15, 0.2) is 71.6 Å². The van der Waals surface area contributed by atoms with Crippen molar-refractivity contribution in [2.75, 3.05) is 31.6 Å². The van der Waals surface area contributed by atoms with Gasteiger partial charge in [0.15, 0.2) is 11.5 Å². The first-order valence-corrected chi connectivity index (χ1v) is 14.3. The molecule has 220 valence electrons. The Morgan fingerprint density at radius 1 is 0.951 bits per heavy atom. The standard InChI is InChI=1S/C29H33F2N3O6S/c1-5-16-32-29(36)20(2)33(18-21-8-6-7-9-25(21)31)28(35)19-34(23-12-10-22(30)11-13-23)41(37,38)24-14-15-26(39-3)27(17-24)40-4/h6-15,17,20H,5,16,18-19H2,1-4H3,(H,32,36). The zero-order valence-corrected chi connectivity index (χ0v) is 24.1. The van der Waals surface area contributed by atoms with Crippen molar-refractivity contribution < 1.29 is 36.3 Å². The molecule has 0 fully saturated rings. The van der Waals surface area contributed by atoms with Gasteiger partial charge in [-0.3, -0.25) is 13.9 Å². The number of sulfonamides is 1. The van der Waals surface area contributed by atoms with Gasteiger partial charge in [-0.25, -0.2) is 17.2 Å². The fraction of sp³-hybridized carbons (Fsp3) is 0.310. The summed E-state index contributed by atoms with van der Waals surface area (Å²) < 4.78 is 67.5. The van der Waals surface area contributed by atoms with Crippen LogP contribution >= 0.6 is 0 Å². The molecule has 3 rings (SSSR count). The van der Waals surface area contributed by atoms with Gasteiger partial charge in [-0.2, -0.15) is 0 Å². The highest BCUT2D eigenvalue weighted by atomic mass is 32.2. The van der Waals surface area contributed by atoms with Crippen molar-refractivity contribution in [3.8, 4) is 11.5 Å². The smallest absolute Gasteiger partial charge is 0.264 e. The Bertz CT molecular complexity index is 1470. The largest absolute Gasteiger partial charge is 0.493 e. The molecular weight excluding hydrogens is 556 g/mol. The maximum absolute atomic E-state index is 14.6. The van der Waals surface area contributed by atoms with E-state index in [4.69, 9.17) is 9.47 Å². The number of benzene rings is 3. The quantitative estimate of drug-likeness (QED) is 0.322. The topological polar surface area (TPSA) is 105 Å². The van der Waals surface area contributed by atoms with Crippen LogP contribution in [0.1, 0.15) is 25.8 Å². The number of hydrogen-bond donors (Lipinski definition) is 1. The number of amides is 2. The van der Waals surface area contributed by atoms with Crippen molar-refractivity contribution in [1.29, 1.82) is 0 Å². The first-order valence-electron chi connectivity index (χ1n) is 12.8. The highest BCUT2D eigenvalue weighted by Gasteiger charge is 2.33. The molecule has 3 aromatic rings. The van der Waals surface area contributed by atoms with E-state index in [0.29, 0.717) is 18.7 Å². The molecule has 0 aliphatic heterocycles. The Hall–Kier alpha value is -4.19. The maximum atomic E-state index is 14.6. The van der Waals surface area contributed by atoms with Gasteiger partial charge in [0.2, 0.25) is 11.8 Å². The second kappa shape index (κ2) is 13.9. The summed E-state index contributed by atoms with van der Waals surface area (Å²) in [5, 5.41) is 2.71.